The number of halogens is 5. The number of rotatable bonds is 7. The van der Waals surface area contributed by atoms with Gasteiger partial charge in [0.15, 0.2) is 11.5 Å². The largest absolute Gasteiger partial charge is 0.493 e. The van der Waals surface area contributed by atoms with Crippen molar-refractivity contribution in [2.75, 3.05) is 7.11 Å². The van der Waals surface area contributed by atoms with E-state index >= 15 is 0 Å². The van der Waals surface area contributed by atoms with E-state index in [-0.39, 0.29) is 28.7 Å². The van der Waals surface area contributed by atoms with E-state index in [4.69, 9.17) is 21.1 Å². The average molecular weight is 481 g/mol. The highest BCUT2D eigenvalue weighted by Gasteiger charge is 2.30. The number of amides is 1. The van der Waals surface area contributed by atoms with Crippen LogP contribution in [0.2, 0.25) is 5.02 Å². The van der Waals surface area contributed by atoms with Crippen molar-refractivity contribution in [3.05, 3.63) is 93.8 Å². The van der Waals surface area contributed by atoms with Crippen LogP contribution in [-0.2, 0) is 12.8 Å². The molecular weight excluding hydrogens is 464 g/mol. The molecule has 33 heavy (non-hydrogen) atoms. The Kier molecular flexibility index (Phi) is 7.55. The van der Waals surface area contributed by atoms with Crippen LogP contribution in [0.4, 0.5) is 17.6 Å². The second kappa shape index (κ2) is 10.4. The van der Waals surface area contributed by atoms with Gasteiger partial charge in [0.25, 0.3) is 5.91 Å². The van der Waals surface area contributed by atoms with Crippen LogP contribution >= 0.6 is 11.6 Å². The van der Waals surface area contributed by atoms with Crippen molar-refractivity contribution in [3.8, 4) is 11.5 Å². The van der Waals surface area contributed by atoms with Crippen LogP contribution in [0.5, 0.6) is 11.5 Å². The van der Waals surface area contributed by atoms with E-state index in [1.165, 1.54) is 37.6 Å². The van der Waals surface area contributed by atoms with E-state index in [0.29, 0.717) is 11.1 Å². The molecule has 3 aromatic rings. The summed E-state index contributed by atoms with van der Waals surface area (Å²) in [6.45, 7) is -0.0801. The molecule has 0 aliphatic carbocycles. The monoisotopic (exact) mass is 480 g/mol. The molecule has 0 saturated heterocycles. The maximum absolute atomic E-state index is 13.8. The molecule has 0 radical (unpaired) electrons. The molecule has 5 nitrogen and oxygen atoms in total. The molecule has 172 valence electrons. The highest BCUT2D eigenvalue weighted by Crippen LogP contribution is 2.36. The van der Waals surface area contributed by atoms with Gasteiger partial charge in [0.05, 0.1) is 23.9 Å². The van der Waals surface area contributed by atoms with Crippen molar-refractivity contribution < 1.29 is 31.8 Å². The van der Waals surface area contributed by atoms with Gasteiger partial charge in [-0.1, -0.05) is 35.9 Å². The van der Waals surface area contributed by atoms with Gasteiger partial charge >= 0.3 is 6.18 Å². The lowest BCUT2D eigenvalue weighted by atomic mass is 10.1. The molecule has 0 aromatic heterocycles. The normalized spacial score (nSPS) is 11.5. The Bertz CT molecular complexity index is 1180. The molecule has 10 heteroatoms. The maximum atomic E-state index is 13.8. The number of hydrazone groups is 1. The van der Waals surface area contributed by atoms with Gasteiger partial charge in [0.1, 0.15) is 12.4 Å². The molecule has 0 spiro atoms. The number of carbonyl (C=O) groups excluding carboxylic acids is 1. The molecule has 3 aromatic carbocycles. The van der Waals surface area contributed by atoms with Gasteiger partial charge in [-0.25, -0.2) is 9.82 Å². The number of nitrogens with one attached hydrogen (secondary N) is 1. The molecule has 0 fully saturated rings. The Morgan fingerprint density at radius 3 is 2.58 bits per heavy atom. The third kappa shape index (κ3) is 6.23. The molecule has 0 saturated carbocycles. The lowest BCUT2D eigenvalue weighted by Gasteiger charge is -2.13. The molecule has 3 rings (SSSR count). The van der Waals surface area contributed by atoms with Crippen LogP contribution in [0.25, 0.3) is 0 Å². The molecule has 0 unspecified atom stereocenters. The highest BCUT2D eigenvalue weighted by atomic mass is 35.5. The summed E-state index contributed by atoms with van der Waals surface area (Å²) in [4.78, 5) is 12.1. The fourth-order valence-electron chi connectivity index (χ4n) is 2.79. The number of alkyl halides is 3. The molecule has 0 aliphatic heterocycles. The summed E-state index contributed by atoms with van der Waals surface area (Å²) < 4.78 is 63.1. The molecular formula is C23H17ClF4N2O3. The number of ether oxygens (including phenoxy) is 2. The van der Waals surface area contributed by atoms with E-state index < -0.39 is 23.5 Å². The van der Waals surface area contributed by atoms with Gasteiger partial charge in [-0.3, -0.25) is 4.79 Å². The second-order valence-corrected chi connectivity index (χ2v) is 7.10. The van der Waals surface area contributed by atoms with Crippen LogP contribution < -0.4 is 14.9 Å². The maximum Gasteiger partial charge on any atom is 0.416 e. The van der Waals surface area contributed by atoms with Gasteiger partial charge in [-0.2, -0.15) is 18.3 Å². The number of carbonyl (C=O) groups is 1. The van der Waals surface area contributed by atoms with Crippen LogP contribution in [0.1, 0.15) is 27.0 Å². The molecule has 0 bridgehead atoms. The summed E-state index contributed by atoms with van der Waals surface area (Å²) in [6, 6.07) is 13.1. The predicted molar refractivity (Wildman–Crippen MR) is 115 cm³/mol. The summed E-state index contributed by atoms with van der Waals surface area (Å²) in [5, 5.41) is 3.90. The third-order valence-corrected chi connectivity index (χ3v) is 4.69. The van der Waals surface area contributed by atoms with Crippen LogP contribution in [0.15, 0.2) is 65.8 Å². The van der Waals surface area contributed by atoms with Gasteiger partial charge < -0.3 is 9.47 Å². The van der Waals surface area contributed by atoms with E-state index in [9.17, 15) is 22.4 Å². The minimum atomic E-state index is -4.57. The quantitative estimate of drug-likeness (QED) is 0.262. The van der Waals surface area contributed by atoms with Gasteiger partial charge in [0.2, 0.25) is 0 Å². The Balaban J connectivity index is 1.70. The predicted octanol–water partition coefficient (Wildman–Crippen LogP) is 5.85. The van der Waals surface area contributed by atoms with E-state index in [2.05, 4.69) is 10.5 Å². The number of nitrogens with zero attached hydrogens (tertiary/aromatic N) is 1. The number of methoxy groups -OCH3 is 1. The Labute approximate surface area is 191 Å². The minimum Gasteiger partial charge on any atom is -0.493 e. The zero-order valence-electron chi connectivity index (χ0n) is 17.1. The Morgan fingerprint density at radius 2 is 1.88 bits per heavy atom. The standard InChI is InChI=1S/C23H17ClF4N2O3/c1-32-20-10-14(9-18(24)21(20)33-13-16-5-2-3-8-19(16)25)12-29-30-22(31)15-6-4-7-17(11-15)23(26,27)28/h2-12H,13H2,1H3,(H,30,31)/b29-12-. The first-order chi connectivity index (χ1) is 15.7. The van der Waals surface area contributed by atoms with E-state index in [0.717, 1.165) is 18.2 Å². The first kappa shape index (κ1) is 24.1. The molecule has 0 heterocycles. The minimum absolute atomic E-state index is 0.0801. The van der Waals surface area contributed by atoms with Crippen molar-refractivity contribution in [2.24, 2.45) is 5.10 Å². The topological polar surface area (TPSA) is 59.9 Å². The fraction of sp³-hybridized carbons (Fsp3) is 0.130. The highest BCUT2D eigenvalue weighted by molar-refractivity contribution is 6.32. The van der Waals surface area contributed by atoms with Crippen LogP contribution in [0, 0.1) is 5.82 Å². The van der Waals surface area contributed by atoms with Crippen molar-refractivity contribution >= 4 is 23.7 Å². The zero-order chi connectivity index (χ0) is 24.0. The third-order valence-electron chi connectivity index (χ3n) is 4.41. The molecule has 1 amide bonds. The Morgan fingerprint density at radius 1 is 1.12 bits per heavy atom. The number of hydrogen-bond donors (Lipinski definition) is 1. The summed E-state index contributed by atoms with van der Waals surface area (Å²) in [5.74, 6) is -0.815. The first-order valence-corrected chi connectivity index (χ1v) is 9.81. The molecule has 1 N–H and O–H groups in total. The number of hydrogen-bond acceptors (Lipinski definition) is 4. The van der Waals surface area contributed by atoms with Gasteiger partial charge in [-0.15, -0.1) is 0 Å². The Hall–Kier alpha value is -3.59. The van der Waals surface area contributed by atoms with Gasteiger partial charge in [0, 0.05) is 11.1 Å². The summed E-state index contributed by atoms with van der Waals surface area (Å²) in [6.07, 6.45) is -3.33. The van der Waals surface area contributed by atoms with Crippen molar-refractivity contribution in [1.29, 1.82) is 0 Å². The average Bonchev–Trinajstić information content (AvgIpc) is 2.78. The van der Waals surface area contributed by atoms with E-state index in [1.807, 2.05) is 0 Å². The summed E-state index contributed by atoms with van der Waals surface area (Å²) in [7, 11) is 1.39. The number of benzene rings is 3. The molecule has 0 atom stereocenters. The fourth-order valence-corrected chi connectivity index (χ4v) is 3.06. The van der Waals surface area contributed by atoms with Crippen LogP contribution in [0.3, 0.4) is 0 Å². The van der Waals surface area contributed by atoms with Crippen molar-refractivity contribution in [2.45, 2.75) is 12.8 Å². The van der Waals surface area contributed by atoms with E-state index in [1.54, 1.807) is 18.2 Å². The second-order valence-electron chi connectivity index (χ2n) is 6.69. The molecule has 0 aliphatic rings. The lowest BCUT2D eigenvalue weighted by molar-refractivity contribution is -0.137. The lowest BCUT2D eigenvalue weighted by Crippen LogP contribution is -2.18. The smallest absolute Gasteiger partial charge is 0.416 e. The van der Waals surface area contributed by atoms with Gasteiger partial charge in [-0.05, 0) is 42.0 Å². The summed E-state index contributed by atoms with van der Waals surface area (Å²) in [5.41, 5.74) is 1.76. The zero-order valence-corrected chi connectivity index (χ0v) is 17.9. The van der Waals surface area contributed by atoms with Crippen molar-refractivity contribution in [3.63, 3.8) is 0 Å². The van der Waals surface area contributed by atoms with Crippen LogP contribution in [-0.4, -0.2) is 19.2 Å². The summed E-state index contributed by atoms with van der Waals surface area (Å²) >= 11 is 6.26. The van der Waals surface area contributed by atoms with Crippen molar-refractivity contribution in [1.82, 2.24) is 5.43 Å². The SMILES string of the molecule is COc1cc(/C=N\NC(=O)c2cccc(C(F)(F)F)c2)cc(Cl)c1OCc1ccccc1F. The first-order valence-electron chi connectivity index (χ1n) is 9.43.